The van der Waals surface area contributed by atoms with Crippen molar-refractivity contribution in [3.8, 4) is 0 Å². The first-order chi connectivity index (χ1) is 5.90. The van der Waals surface area contributed by atoms with E-state index in [1.807, 2.05) is 0 Å². The number of hydrogen-bond acceptors (Lipinski definition) is 1. The van der Waals surface area contributed by atoms with E-state index < -0.39 is 0 Å². The van der Waals surface area contributed by atoms with Gasteiger partial charge in [0.15, 0.2) is 0 Å². The van der Waals surface area contributed by atoms with Crippen molar-refractivity contribution in [2.75, 3.05) is 0 Å². The second-order valence-electron chi connectivity index (χ2n) is 5.60. The van der Waals surface area contributed by atoms with Crippen LogP contribution in [0.1, 0.15) is 32.1 Å². The molecular weight excluding hydrogens is 146 g/mol. The number of rotatable bonds is 0. The van der Waals surface area contributed by atoms with Gasteiger partial charge >= 0.3 is 0 Å². The molecule has 0 aromatic rings. The quantitative estimate of drug-likeness (QED) is 0.574. The molecule has 1 nitrogen and oxygen atoms in total. The van der Waals surface area contributed by atoms with Crippen LogP contribution in [-0.4, -0.2) is 12.1 Å². The Balaban J connectivity index is 1.82. The van der Waals surface area contributed by atoms with Gasteiger partial charge < -0.3 is 5.32 Å². The van der Waals surface area contributed by atoms with Gasteiger partial charge in [-0.15, -0.1) is 0 Å². The standard InChI is InChI=1S/C11H17N/c1-6-2-9-3-8(1)10-4-7(6)5-11(9)12-10/h6-12H,1-5H2. The molecule has 2 heterocycles. The monoisotopic (exact) mass is 163 g/mol. The van der Waals surface area contributed by atoms with E-state index in [1.54, 1.807) is 19.3 Å². The Morgan fingerprint density at radius 3 is 1.75 bits per heavy atom. The van der Waals surface area contributed by atoms with E-state index >= 15 is 0 Å². The van der Waals surface area contributed by atoms with E-state index in [1.165, 1.54) is 12.8 Å². The fourth-order valence-corrected chi connectivity index (χ4v) is 4.70. The first-order valence-electron chi connectivity index (χ1n) is 5.66. The van der Waals surface area contributed by atoms with Crippen LogP contribution in [0.3, 0.4) is 0 Å². The average Bonchev–Trinajstić information content (AvgIpc) is 2.12. The summed E-state index contributed by atoms with van der Waals surface area (Å²) in [5.41, 5.74) is 0. The van der Waals surface area contributed by atoms with Gasteiger partial charge in [0.2, 0.25) is 0 Å². The Hall–Kier alpha value is -0.0400. The molecule has 0 aromatic carbocycles. The van der Waals surface area contributed by atoms with Crippen LogP contribution in [0, 0.1) is 23.7 Å². The molecule has 1 heteroatoms. The van der Waals surface area contributed by atoms with E-state index in [-0.39, 0.29) is 0 Å². The lowest BCUT2D eigenvalue weighted by Crippen LogP contribution is -2.64. The number of piperidine rings is 2. The first-order valence-corrected chi connectivity index (χ1v) is 5.66. The van der Waals surface area contributed by atoms with Crippen molar-refractivity contribution in [2.45, 2.75) is 44.2 Å². The minimum atomic E-state index is 0.946. The summed E-state index contributed by atoms with van der Waals surface area (Å²) in [4.78, 5) is 0. The topological polar surface area (TPSA) is 12.0 Å². The van der Waals surface area contributed by atoms with Crippen LogP contribution in [0.15, 0.2) is 0 Å². The van der Waals surface area contributed by atoms with E-state index in [9.17, 15) is 0 Å². The van der Waals surface area contributed by atoms with Crippen molar-refractivity contribution >= 4 is 0 Å². The van der Waals surface area contributed by atoms with Gasteiger partial charge in [0.05, 0.1) is 0 Å². The zero-order valence-corrected chi connectivity index (χ0v) is 7.50. The molecule has 2 aliphatic heterocycles. The molecule has 66 valence electrons. The highest BCUT2D eigenvalue weighted by atomic mass is 15.0. The first kappa shape index (κ1) is 6.42. The molecule has 0 aromatic heterocycles. The number of nitrogens with one attached hydrogen (secondary N) is 1. The van der Waals surface area contributed by atoms with Gasteiger partial charge in [-0.2, -0.15) is 0 Å². The molecule has 1 N–H and O–H groups in total. The average molecular weight is 163 g/mol. The Bertz CT molecular complexity index is 151. The second-order valence-corrected chi connectivity index (χ2v) is 5.60. The van der Waals surface area contributed by atoms with E-state index in [2.05, 4.69) is 5.32 Å². The van der Waals surface area contributed by atoms with Crippen molar-refractivity contribution in [1.82, 2.24) is 5.32 Å². The fourth-order valence-electron chi connectivity index (χ4n) is 4.70. The minimum Gasteiger partial charge on any atom is -0.311 e. The van der Waals surface area contributed by atoms with E-state index in [4.69, 9.17) is 0 Å². The predicted molar refractivity (Wildman–Crippen MR) is 47.8 cm³/mol. The summed E-state index contributed by atoms with van der Waals surface area (Å²) in [6.07, 6.45) is 7.78. The summed E-state index contributed by atoms with van der Waals surface area (Å²) in [5.74, 6) is 4.46. The third kappa shape index (κ3) is 0.618. The van der Waals surface area contributed by atoms with Gasteiger partial charge in [0.25, 0.3) is 0 Å². The minimum absolute atomic E-state index is 0.946. The maximum absolute atomic E-state index is 3.87. The van der Waals surface area contributed by atoms with Crippen LogP contribution in [-0.2, 0) is 0 Å². The van der Waals surface area contributed by atoms with E-state index in [0.717, 1.165) is 35.8 Å². The molecule has 2 saturated heterocycles. The zero-order chi connectivity index (χ0) is 7.71. The highest BCUT2D eigenvalue weighted by Gasteiger charge is 2.53. The highest BCUT2D eigenvalue weighted by molar-refractivity contribution is 5.08. The van der Waals surface area contributed by atoms with Gasteiger partial charge in [-0.3, -0.25) is 0 Å². The van der Waals surface area contributed by atoms with Crippen LogP contribution in [0.2, 0.25) is 0 Å². The molecule has 4 unspecified atom stereocenters. The Kier molecular flexibility index (Phi) is 1.01. The van der Waals surface area contributed by atoms with Gasteiger partial charge in [-0.05, 0) is 55.8 Å². The third-order valence-corrected chi connectivity index (χ3v) is 5.16. The van der Waals surface area contributed by atoms with Crippen LogP contribution >= 0.6 is 0 Å². The zero-order valence-electron chi connectivity index (χ0n) is 7.50. The molecule has 5 aliphatic rings. The van der Waals surface area contributed by atoms with E-state index in [0.29, 0.717) is 0 Å². The molecule has 4 atom stereocenters. The van der Waals surface area contributed by atoms with Crippen molar-refractivity contribution < 1.29 is 0 Å². The van der Waals surface area contributed by atoms with Gasteiger partial charge in [0.1, 0.15) is 0 Å². The summed E-state index contributed by atoms with van der Waals surface area (Å²) >= 11 is 0. The molecule has 5 fully saturated rings. The highest BCUT2D eigenvalue weighted by Crippen LogP contribution is 2.55. The predicted octanol–water partition coefficient (Wildman–Crippen LogP) is 1.78. The summed E-state index contributed by atoms with van der Waals surface area (Å²) in [7, 11) is 0. The summed E-state index contributed by atoms with van der Waals surface area (Å²) < 4.78 is 0. The Morgan fingerprint density at radius 2 is 1.08 bits per heavy atom. The van der Waals surface area contributed by atoms with Crippen molar-refractivity contribution in [1.29, 1.82) is 0 Å². The maximum Gasteiger partial charge on any atom is 0.0101 e. The smallest absolute Gasteiger partial charge is 0.0101 e. The molecule has 3 aliphatic carbocycles. The largest absolute Gasteiger partial charge is 0.311 e. The maximum atomic E-state index is 3.87. The summed E-state index contributed by atoms with van der Waals surface area (Å²) in [5, 5.41) is 3.87. The van der Waals surface area contributed by atoms with Crippen molar-refractivity contribution in [3.05, 3.63) is 0 Å². The normalized spacial score (nSPS) is 66.0. The fraction of sp³-hybridized carbons (Fsp3) is 1.00. The molecule has 12 heavy (non-hydrogen) atoms. The lowest BCUT2D eigenvalue weighted by molar-refractivity contribution is -0.0650. The van der Waals surface area contributed by atoms with Gasteiger partial charge in [0, 0.05) is 12.1 Å². The molecular formula is C11H17N. The van der Waals surface area contributed by atoms with Crippen LogP contribution in [0.25, 0.3) is 0 Å². The molecule has 0 amide bonds. The molecule has 0 radical (unpaired) electrons. The van der Waals surface area contributed by atoms with Crippen molar-refractivity contribution in [3.63, 3.8) is 0 Å². The van der Waals surface area contributed by atoms with Gasteiger partial charge in [-0.25, -0.2) is 0 Å². The Morgan fingerprint density at radius 1 is 0.583 bits per heavy atom. The number of hydrogen-bond donors (Lipinski definition) is 1. The summed E-state index contributed by atoms with van der Waals surface area (Å²) in [6, 6.07) is 1.89. The third-order valence-electron chi connectivity index (χ3n) is 5.16. The van der Waals surface area contributed by atoms with Gasteiger partial charge in [-0.1, -0.05) is 0 Å². The second kappa shape index (κ2) is 1.89. The molecule has 5 rings (SSSR count). The SMILES string of the molecule is C1C2CC3CC1C1CC2CC3N1. The van der Waals surface area contributed by atoms with Crippen molar-refractivity contribution in [2.24, 2.45) is 23.7 Å². The molecule has 6 bridgehead atoms. The lowest BCUT2D eigenvalue weighted by Gasteiger charge is -2.61. The van der Waals surface area contributed by atoms with Crippen LogP contribution < -0.4 is 5.32 Å². The molecule has 0 spiro atoms. The lowest BCUT2D eigenvalue weighted by atomic mass is 9.52. The summed E-state index contributed by atoms with van der Waals surface area (Å²) in [6.45, 7) is 0. The Labute approximate surface area is 73.9 Å². The van der Waals surface area contributed by atoms with Crippen LogP contribution in [0.4, 0.5) is 0 Å². The molecule has 3 saturated carbocycles. The van der Waals surface area contributed by atoms with Crippen LogP contribution in [0.5, 0.6) is 0 Å².